The zero-order chi connectivity index (χ0) is 8.97. The summed E-state index contributed by atoms with van der Waals surface area (Å²) in [6.07, 6.45) is 0. The lowest BCUT2D eigenvalue weighted by Crippen LogP contribution is -2.13. The highest BCUT2D eigenvalue weighted by Gasteiger charge is 2.01. The fourth-order valence-corrected chi connectivity index (χ4v) is 0.664. The number of nitrogens with zero attached hydrogens (tertiary/aromatic N) is 3. The van der Waals surface area contributed by atoms with E-state index in [9.17, 15) is 0 Å². The summed E-state index contributed by atoms with van der Waals surface area (Å²) in [5.41, 5.74) is 2.33. The number of anilines is 3. The normalized spacial score (nSPS) is 9.25. The van der Waals surface area contributed by atoms with E-state index >= 15 is 0 Å². The molecule has 5 N–H and O–H groups in total. The molecule has 0 radical (unpaired) electrons. The molecule has 12 heavy (non-hydrogen) atoms. The first kappa shape index (κ1) is 8.47. The summed E-state index contributed by atoms with van der Waals surface area (Å²) in [6.45, 7) is 0. The zero-order valence-corrected chi connectivity index (χ0v) is 6.92. The van der Waals surface area contributed by atoms with Gasteiger partial charge in [0.25, 0.3) is 0 Å². The number of aromatic nitrogens is 3. The van der Waals surface area contributed by atoms with E-state index in [1.54, 1.807) is 14.1 Å². The maximum atomic E-state index is 5.14. The lowest BCUT2D eigenvalue weighted by molar-refractivity contribution is 1.03. The molecule has 66 valence electrons. The number of hydrazine groups is 1. The molecule has 0 atom stereocenters. The van der Waals surface area contributed by atoms with E-state index < -0.39 is 0 Å². The van der Waals surface area contributed by atoms with E-state index in [2.05, 4.69) is 31.0 Å². The molecular formula is C5H11N7. The molecule has 0 saturated heterocycles. The Morgan fingerprint density at radius 3 is 1.67 bits per heavy atom. The molecule has 7 heteroatoms. The highest BCUT2D eigenvalue weighted by molar-refractivity contribution is 5.40. The number of nitrogens with one attached hydrogen (secondary N) is 3. The number of hydrogen-bond donors (Lipinski definition) is 4. The van der Waals surface area contributed by atoms with Crippen molar-refractivity contribution in [2.24, 2.45) is 5.84 Å². The van der Waals surface area contributed by atoms with Crippen LogP contribution in [0.15, 0.2) is 0 Å². The van der Waals surface area contributed by atoms with Crippen LogP contribution in [0.5, 0.6) is 0 Å². The van der Waals surface area contributed by atoms with Crippen LogP contribution in [0.3, 0.4) is 0 Å². The maximum absolute atomic E-state index is 5.14. The Labute approximate surface area is 69.8 Å². The van der Waals surface area contributed by atoms with Crippen molar-refractivity contribution in [2.75, 3.05) is 30.2 Å². The molecule has 0 aliphatic rings. The lowest BCUT2D eigenvalue weighted by Gasteiger charge is -2.04. The number of nitrogen functional groups attached to an aromatic ring is 1. The van der Waals surface area contributed by atoms with Gasteiger partial charge in [-0.15, -0.1) is 0 Å². The van der Waals surface area contributed by atoms with Crippen molar-refractivity contribution in [3.63, 3.8) is 0 Å². The molecule has 0 aliphatic heterocycles. The minimum absolute atomic E-state index is 0.318. The molecule has 0 aromatic carbocycles. The summed E-state index contributed by atoms with van der Waals surface area (Å²) in [6, 6.07) is 0. The molecule has 0 aliphatic carbocycles. The van der Waals surface area contributed by atoms with E-state index in [-0.39, 0.29) is 0 Å². The van der Waals surface area contributed by atoms with E-state index in [0.29, 0.717) is 17.8 Å². The molecule has 1 aromatic heterocycles. The van der Waals surface area contributed by atoms with Gasteiger partial charge in [0.05, 0.1) is 0 Å². The molecule has 7 nitrogen and oxygen atoms in total. The predicted molar refractivity (Wildman–Crippen MR) is 46.7 cm³/mol. The average Bonchev–Trinajstić information content (AvgIpc) is 2.16. The molecule has 1 rings (SSSR count). The van der Waals surface area contributed by atoms with Crippen LogP contribution in [0.2, 0.25) is 0 Å². The van der Waals surface area contributed by atoms with Crippen molar-refractivity contribution in [3.8, 4) is 0 Å². The van der Waals surface area contributed by atoms with E-state index in [1.165, 1.54) is 0 Å². The Morgan fingerprint density at radius 1 is 0.917 bits per heavy atom. The molecule has 1 aromatic rings. The van der Waals surface area contributed by atoms with Gasteiger partial charge in [-0.2, -0.15) is 15.0 Å². The van der Waals surface area contributed by atoms with Crippen molar-refractivity contribution < 1.29 is 0 Å². The van der Waals surface area contributed by atoms with Crippen LogP contribution in [0, 0.1) is 0 Å². The van der Waals surface area contributed by atoms with Crippen LogP contribution in [0.1, 0.15) is 0 Å². The van der Waals surface area contributed by atoms with Gasteiger partial charge in [-0.25, -0.2) is 5.84 Å². The summed E-state index contributed by atoms with van der Waals surface area (Å²) in [7, 11) is 3.43. The molecule has 0 unspecified atom stereocenters. The van der Waals surface area contributed by atoms with E-state index in [1.807, 2.05) is 0 Å². The quantitative estimate of drug-likeness (QED) is 0.348. The van der Waals surface area contributed by atoms with Gasteiger partial charge in [0.15, 0.2) is 0 Å². The maximum Gasteiger partial charge on any atom is 0.243 e. The molecule has 1 heterocycles. The smallest absolute Gasteiger partial charge is 0.243 e. The van der Waals surface area contributed by atoms with Crippen LogP contribution in [-0.4, -0.2) is 29.0 Å². The van der Waals surface area contributed by atoms with Crippen LogP contribution in [0.4, 0.5) is 17.8 Å². The standard InChI is InChI=1S/C5H11N7/c1-7-3-9-4(8-2)11-5(10-3)12-6/h6H2,1-2H3,(H3,7,8,9,10,11,12). The molecule has 0 saturated carbocycles. The summed E-state index contributed by atoms with van der Waals surface area (Å²) >= 11 is 0. The van der Waals surface area contributed by atoms with Gasteiger partial charge in [-0.05, 0) is 0 Å². The number of rotatable bonds is 3. The van der Waals surface area contributed by atoms with Crippen molar-refractivity contribution in [3.05, 3.63) is 0 Å². The van der Waals surface area contributed by atoms with Gasteiger partial charge in [-0.1, -0.05) is 0 Å². The SMILES string of the molecule is CNc1nc(NC)nc(NN)n1. The number of hydrogen-bond acceptors (Lipinski definition) is 7. The Bertz CT molecular complexity index is 205. The second kappa shape index (κ2) is 3.67. The molecule has 0 amide bonds. The fraction of sp³-hybridized carbons (Fsp3) is 0.400. The average molecular weight is 169 g/mol. The Balaban J connectivity index is 3.01. The van der Waals surface area contributed by atoms with Gasteiger partial charge in [0.2, 0.25) is 17.8 Å². The van der Waals surface area contributed by atoms with Gasteiger partial charge in [0, 0.05) is 14.1 Å². The van der Waals surface area contributed by atoms with Crippen molar-refractivity contribution >= 4 is 17.8 Å². The van der Waals surface area contributed by atoms with E-state index in [0.717, 1.165) is 0 Å². The third kappa shape index (κ3) is 1.70. The Kier molecular flexibility index (Phi) is 2.59. The monoisotopic (exact) mass is 169 g/mol. The largest absolute Gasteiger partial charge is 0.357 e. The van der Waals surface area contributed by atoms with Gasteiger partial charge >= 0.3 is 0 Å². The first-order valence-electron chi connectivity index (χ1n) is 3.38. The third-order valence-corrected chi connectivity index (χ3v) is 1.21. The minimum Gasteiger partial charge on any atom is -0.357 e. The third-order valence-electron chi connectivity index (χ3n) is 1.21. The molecule has 0 bridgehead atoms. The summed E-state index contributed by atoms with van der Waals surface area (Å²) < 4.78 is 0. The zero-order valence-electron chi connectivity index (χ0n) is 6.92. The topological polar surface area (TPSA) is 101 Å². The second-order valence-corrected chi connectivity index (χ2v) is 1.95. The second-order valence-electron chi connectivity index (χ2n) is 1.95. The van der Waals surface area contributed by atoms with Crippen LogP contribution in [0.25, 0.3) is 0 Å². The fourth-order valence-electron chi connectivity index (χ4n) is 0.664. The van der Waals surface area contributed by atoms with Crippen LogP contribution >= 0.6 is 0 Å². The van der Waals surface area contributed by atoms with Crippen molar-refractivity contribution in [1.82, 2.24) is 15.0 Å². The van der Waals surface area contributed by atoms with Crippen LogP contribution in [-0.2, 0) is 0 Å². The first-order chi connectivity index (χ1) is 5.80. The summed E-state index contributed by atoms with van der Waals surface area (Å²) in [4.78, 5) is 11.8. The molecule has 0 spiro atoms. The predicted octanol–water partition coefficient (Wildman–Crippen LogP) is -0.759. The summed E-state index contributed by atoms with van der Waals surface area (Å²) in [5, 5.41) is 5.56. The Morgan fingerprint density at radius 2 is 1.33 bits per heavy atom. The number of nitrogens with two attached hydrogens (primary N) is 1. The van der Waals surface area contributed by atoms with Crippen LogP contribution < -0.4 is 21.9 Å². The van der Waals surface area contributed by atoms with E-state index in [4.69, 9.17) is 5.84 Å². The summed E-state index contributed by atoms with van der Waals surface area (Å²) in [5.74, 6) is 6.38. The van der Waals surface area contributed by atoms with Gasteiger partial charge < -0.3 is 10.6 Å². The first-order valence-corrected chi connectivity index (χ1v) is 3.38. The lowest BCUT2D eigenvalue weighted by atomic mass is 10.8. The highest BCUT2D eigenvalue weighted by Crippen LogP contribution is 2.05. The Hall–Kier alpha value is -1.63. The van der Waals surface area contributed by atoms with Crippen molar-refractivity contribution in [2.45, 2.75) is 0 Å². The van der Waals surface area contributed by atoms with Gasteiger partial charge in [-0.3, -0.25) is 5.43 Å². The van der Waals surface area contributed by atoms with Crippen molar-refractivity contribution in [1.29, 1.82) is 0 Å². The minimum atomic E-state index is 0.318. The highest BCUT2D eigenvalue weighted by atomic mass is 15.3. The molecular weight excluding hydrogens is 158 g/mol. The van der Waals surface area contributed by atoms with Gasteiger partial charge in [0.1, 0.15) is 0 Å². The molecule has 0 fully saturated rings.